The first-order valence-corrected chi connectivity index (χ1v) is 7.35. The molecule has 110 valence electrons. The topological polar surface area (TPSA) is 0 Å². The lowest BCUT2D eigenvalue weighted by Gasteiger charge is -2.05. The van der Waals surface area contributed by atoms with Gasteiger partial charge >= 0.3 is 0 Å². The van der Waals surface area contributed by atoms with Gasteiger partial charge in [-0.25, -0.2) is 4.39 Å². The van der Waals surface area contributed by atoms with Crippen molar-refractivity contribution in [2.75, 3.05) is 0 Å². The minimum Gasteiger partial charge on any atom is -0.207 e. The molecule has 2 aromatic rings. The highest BCUT2D eigenvalue weighted by atomic mass is 35.5. The monoisotopic (exact) mass is 294 g/mol. The standard InChI is InChI=1S/C9H11Cl.C7H7F.C2H6/c1-7(2)8-5-3-4-6-9(8)10;1-6-4-2-3-5-7(6)8;1-2/h3-7H,1-2H3;2-5H,1H3;1-2H3. The fraction of sp³-hybridized carbons (Fsp3) is 0.333. The van der Waals surface area contributed by atoms with Crippen LogP contribution in [0.15, 0.2) is 48.5 Å². The molecule has 0 bridgehead atoms. The van der Waals surface area contributed by atoms with Crippen molar-refractivity contribution in [2.24, 2.45) is 0 Å². The zero-order valence-electron chi connectivity index (χ0n) is 13.0. The highest BCUT2D eigenvalue weighted by Crippen LogP contribution is 2.22. The van der Waals surface area contributed by atoms with E-state index in [-0.39, 0.29) is 5.82 Å². The van der Waals surface area contributed by atoms with Crippen LogP contribution in [0, 0.1) is 12.7 Å². The number of hydrogen-bond acceptors (Lipinski definition) is 0. The fourth-order valence-electron chi connectivity index (χ4n) is 1.49. The number of aryl methyl sites for hydroxylation is 1. The van der Waals surface area contributed by atoms with Gasteiger partial charge < -0.3 is 0 Å². The minimum atomic E-state index is -0.132. The summed E-state index contributed by atoms with van der Waals surface area (Å²) >= 11 is 5.92. The van der Waals surface area contributed by atoms with Crippen molar-refractivity contribution < 1.29 is 4.39 Å². The molecule has 0 fully saturated rings. The van der Waals surface area contributed by atoms with Gasteiger partial charge in [-0.2, -0.15) is 0 Å². The van der Waals surface area contributed by atoms with Gasteiger partial charge in [-0.3, -0.25) is 0 Å². The largest absolute Gasteiger partial charge is 0.207 e. The van der Waals surface area contributed by atoms with Crippen molar-refractivity contribution in [3.05, 3.63) is 70.5 Å². The number of halogens is 2. The lowest BCUT2D eigenvalue weighted by atomic mass is 10.0. The molecular formula is C18H24ClF. The second-order valence-electron chi connectivity index (χ2n) is 4.43. The molecule has 0 nitrogen and oxygen atoms in total. The van der Waals surface area contributed by atoms with Gasteiger partial charge in [0.15, 0.2) is 0 Å². The maximum absolute atomic E-state index is 12.3. The Bertz CT molecular complexity index is 471. The lowest BCUT2D eigenvalue weighted by Crippen LogP contribution is -1.86. The maximum atomic E-state index is 12.3. The molecule has 2 rings (SSSR count). The molecule has 0 unspecified atom stereocenters. The average Bonchev–Trinajstić information content (AvgIpc) is 2.45. The van der Waals surface area contributed by atoms with Crippen LogP contribution >= 0.6 is 11.6 Å². The Balaban J connectivity index is 0.000000327. The third-order valence-electron chi connectivity index (χ3n) is 2.60. The second kappa shape index (κ2) is 10.4. The summed E-state index contributed by atoms with van der Waals surface area (Å²) in [6.07, 6.45) is 0. The van der Waals surface area contributed by atoms with Crippen LogP contribution in [0.5, 0.6) is 0 Å². The zero-order valence-corrected chi connectivity index (χ0v) is 13.7. The first-order valence-electron chi connectivity index (χ1n) is 6.98. The van der Waals surface area contributed by atoms with Crippen molar-refractivity contribution in [2.45, 2.75) is 40.5 Å². The Labute approximate surface area is 127 Å². The van der Waals surface area contributed by atoms with Gasteiger partial charge in [0, 0.05) is 5.02 Å². The van der Waals surface area contributed by atoms with E-state index in [0.717, 1.165) is 5.02 Å². The molecule has 0 aliphatic heterocycles. The molecule has 0 saturated carbocycles. The third kappa shape index (κ3) is 6.72. The first kappa shape index (κ1) is 18.7. The van der Waals surface area contributed by atoms with E-state index in [1.54, 1.807) is 19.1 Å². The predicted octanol–water partition coefficient (Wildman–Crippen LogP) is 6.62. The Kier molecular flexibility index (Phi) is 9.75. The fourth-order valence-corrected chi connectivity index (χ4v) is 1.85. The van der Waals surface area contributed by atoms with E-state index in [1.807, 2.05) is 38.1 Å². The summed E-state index contributed by atoms with van der Waals surface area (Å²) in [6.45, 7) is 10.0. The van der Waals surface area contributed by atoms with E-state index < -0.39 is 0 Å². The zero-order chi connectivity index (χ0) is 15.5. The van der Waals surface area contributed by atoms with Crippen molar-refractivity contribution in [1.82, 2.24) is 0 Å². The second-order valence-corrected chi connectivity index (χ2v) is 4.83. The Hall–Kier alpha value is -1.34. The van der Waals surface area contributed by atoms with Crippen molar-refractivity contribution >= 4 is 11.6 Å². The summed E-state index contributed by atoms with van der Waals surface area (Å²) in [4.78, 5) is 0. The van der Waals surface area contributed by atoms with Gasteiger partial charge in [-0.15, -0.1) is 0 Å². The smallest absolute Gasteiger partial charge is 0.126 e. The van der Waals surface area contributed by atoms with Crippen molar-refractivity contribution in [3.8, 4) is 0 Å². The molecule has 0 heterocycles. The van der Waals surface area contributed by atoms with Crippen molar-refractivity contribution in [1.29, 1.82) is 0 Å². The molecule has 0 amide bonds. The highest BCUT2D eigenvalue weighted by molar-refractivity contribution is 6.31. The van der Waals surface area contributed by atoms with Crippen LogP contribution in [0.1, 0.15) is 44.7 Å². The van der Waals surface area contributed by atoms with Crippen LogP contribution < -0.4 is 0 Å². The summed E-state index contributed by atoms with van der Waals surface area (Å²) in [5.41, 5.74) is 1.93. The van der Waals surface area contributed by atoms with Crippen molar-refractivity contribution in [3.63, 3.8) is 0 Å². The van der Waals surface area contributed by atoms with Gasteiger partial charge in [0.1, 0.15) is 5.82 Å². The number of hydrogen-bond donors (Lipinski definition) is 0. The first-order chi connectivity index (χ1) is 9.52. The summed E-state index contributed by atoms with van der Waals surface area (Å²) in [5, 5.41) is 0.873. The normalized spacial score (nSPS) is 9.20. The van der Waals surface area contributed by atoms with Crippen LogP contribution in [0.2, 0.25) is 5.02 Å². The molecule has 20 heavy (non-hydrogen) atoms. The third-order valence-corrected chi connectivity index (χ3v) is 2.95. The van der Waals surface area contributed by atoms with E-state index in [9.17, 15) is 4.39 Å². The molecule has 0 spiro atoms. The van der Waals surface area contributed by atoms with Gasteiger partial charge in [0.05, 0.1) is 0 Å². The van der Waals surface area contributed by atoms with E-state index >= 15 is 0 Å². The highest BCUT2D eigenvalue weighted by Gasteiger charge is 2.01. The summed E-state index contributed by atoms with van der Waals surface area (Å²) < 4.78 is 12.3. The Morgan fingerprint density at radius 3 is 1.75 bits per heavy atom. The molecule has 2 heteroatoms. The molecular weight excluding hydrogens is 271 g/mol. The summed E-state index contributed by atoms with van der Waals surface area (Å²) in [6, 6.07) is 14.7. The van der Waals surface area contributed by atoms with Crippen LogP contribution in [0.4, 0.5) is 4.39 Å². The average molecular weight is 295 g/mol. The predicted molar refractivity (Wildman–Crippen MR) is 88.0 cm³/mol. The molecule has 0 atom stereocenters. The molecule has 0 saturated heterocycles. The molecule has 0 radical (unpaired) electrons. The summed E-state index contributed by atoms with van der Waals surface area (Å²) in [7, 11) is 0. The lowest BCUT2D eigenvalue weighted by molar-refractivity contribution is 0.618. The maximum Gasteiger partial charge on any atom is 0.126 e. The Morgan fingerprint density at radius 1 is 0.900 bits per heavy atom. The molecule has 0 aromatic heterocycles. The molecule has 0 aliphatic carbocycles. The molecule has 0 aliphatic rings. The summed E-state index contributed by atoms with van der Waals surface area (Å²) in [5.74, 6) is 0.390. The van der Waals surface area contributed by atoms with Gasteiger partial charge in [0.2, 0.25) is 0 Å². The van der Waals surface area contributed by atoms with Crippen LogP contribution in [-0.4, -0.2) is 0 Å². The Morgan fingerprint density at radius 2 is 1.40 bits per heavy atom. The van der Waals surface area contributed by atoms with E-state index in [0.29, 0.717) is 11.5 Å². The van der Waals surface area contributed by atoms with Crippen LogP contribution in [0.3, 0.4) is 0 Å². The van der Waals surface area contributed by atoms with E-state index in [4.69, 9.17) is 11.6 Å². The van der Waals surface area contributed by atoms with Gasteiger partial charge in [-0.1, -0.05) is 75.7 Å². The minimum absolute atomic E-state index is 0.132. The van der Waals surface area contributed by atoms with Gasteiger partial charge in [0.25, 0.3) is 0 Å². The molecule has 0 N–H and O–H groups in total. The van der Waals surface area contributed by atoms with Crippen LogP contribution in [-0.2, 0) is 0 Å². The number of rotatable bonds is 1. The SMILES string of the molecule is CC.CC(C)c1ccccc1Cl.Cc1ccccc1F. The quantitative estimate of drug-likeness (QED) is 0.554. The van der Waals surface area contributed by atoms with E-state index in [2.05, 4.69) is 19.9 Å². The van der Waals surface area contributed by atoms with Crippen LogP contribution in [0.25, 0.3) is 0 Å². The van der Waals surface area contributed by atoms with Gasteiger partial charge in [-0.05, 0) is 36.1 Å². The van der Waals surface area contributed by atoms with E-state index in [1.165, 1.54) is 11.6 Å². The molecule has 2 aromatic carbocycles. The number of benzene rings is 2.